The standard InChI is InChI=1S/C10H15ClN2OS/c11-9-5-13-10(15-9)6-12-7-2-1-3-8(14)4-7/h5,7-8,12,14H,1-4,6H2. The first-order valence-corrected chi connectivity index (χ1v) is 6.45. The number of nitrogens with zero attached hydrogens (tertiary/aromatic N) is 1. The van der Waals surface area contributed by atoms with Crippen LogP contribution in [0.4, 0.5) is 0 Å². The molecule has 84 valence electrons. The molecule has 1 aromatic heterocycles. The topological polar surface area (TPSA) is 45.1 Å². The first-order chi connectivity index (χ1) is 7.24. The maximum Gasteiger partial charge on any atom is 0.113 e. The van der Waals surface area contributed by atoms with Crippen LogP contribution < -0.4 is 5.32 Å². The number of halogens is 1. The van der Waals surface area contributed by atoms with E-state index in [1.807, 2.05) is 0 Å². The molecule has 0 radical (unpaired) electrons. The Morgan fingerprint density at radius 1 is 1.60 bits per heavy atom. The van der Waals surface area contributed by atoms with Crippen LogP contribution in [0, 0.1) is 0 Å². The van der Waals surface area contributed by atoms with Gasteiger partial charge in [0.15, 0.2) is 0 Å². The number of hydrogen-bond acceptors (Lipinski definition) is 4. The Morgan fingerprint density at radius 2 is 2.47 bits per heavy atom. The van der Waals surface area contributed by atoms with E-state index >= 15 is 0 Å². The molecule has 1 heterocycles. The van der Waals surface area contributed by atoms with Gasteiger partial charge < -0.3 is 10.4 Å². The fourth-order valence-corrected chi connectivity index (χ4v) is 2.86. The first-order valence-electron chi connectivity index (χ1n) is 5.25. The lowest BCUT2D eigenvalue weighted by Gasteiger charge is -2.26. The highest BCUT2D eigenvalue weighted by atomic mass is 35.5. The van der Waals surface area contributed by atoms with Gasteiger partial charge in [-0.05, 0) is 25.7 Å². The third-order valence-electron chi connectivity index (χ3n) is 2.71. The summed E-state index contributed by atoms with van der Waals surface area (Å²) in [5.41, 5.74) is 0. The molecule has 0 saturated heterocycles. The number of hydrogen-bond donors (Lipinski definition) is 2. The SMILES string of the molecule is OC1CCCC(NCc2ncc(Cl)s2)C1. The van der Waals surface area contributed by atoms with Crippen LogP contribution in [0.25, 0.3) is 0 Å². The molecule has 2 N–H and O–H groups in total. The molecule has 0 amide bonds. The Morgan fingerprint density at radius 3 is 3.13 bits per heavy atom. The minimum Gasteiger partial charge on any atom is -0.393 e. The van der Waals surface area contributed by atoms with Crippen LogP contribution >= 0.6 is 22.9 Å². The van der Waals surface area contributed by atoms with Crippen molar-refractivity contribution >= 4 is 22.9 Å². The fourth-order valence-electron chi connectivity index (χ4n) is 1.95. The highest BCUT2D eigenvalue weighted by Crippen LogP contribution is 2.21. The van der Waals surface area contributed by atoms with E-state index in [0.29, 0.717) is 6.04 Å². The van der Waals surface area contributed by atoms with Crippen molar-refractivity contribution in [2.45, 2.75) is 44.4 Å². The second kappa shape index (κ2) is 5.25. The first kappa shape index (κ1) is 11.3. The molecule has 1 aliphatic carbocycles. The largest absolute Gasteiger partial charge is 0.393 e. The molecule has 2 unspecified atom stereocenters. The summed E-state index contributed by atoms with van der Waals surface area (Å²) < 4.78 is 0.732. The predicted octanol–water partition coefficient (Wildman–Crippen LogP) is 2.19. The van der Waals surface area contributed by atoms with Crippen molar-refractivity contribution in [2.24, 2.45) is 0 Å². The van der Waals surface area contributed by atoms with Gasteiger partial charge in [-0.25, -0.2) is 4.98 Å². The highest BCUT2D eigenvalue weighted by Gasteiger charge is 2.19. The van der Waals surface area contributed by atoms with Gasteiger partial charge in [-0.3, -0.25) is 0 Å². The van der Waals surface area contributed by atoms with E-state index in [1.54, 1.807) is 6.20 Å². The molecule has 15 heavy (non-hydrogen) atoms. The summed E-state index contributed by atoms with van der Waals surface area (Å²) in [7, 11) is 0. The zero-order valence-electron chi connectivity index (χ0n) is 8.45. The van der Waals surface area contributed by atoms with E-state index < -0.39 is 0 Å². The number of rotatable bonds is 3. The second-order valence-corrected chi connectivity index (χ2v) is 5.70. The summed E-state index contributed by atoms with van der Waals surface area (Å²) in [6.45, 7) is 0.759. The van der Waals surface area contributed by atoms with Crippen molar-refractivity contribution in [1.29, 1.82) is 0 Å². The number of aromatic nitrogens is 1. The van der Waals surface area contributed by atoms with Crippen molar-refractivity contribution < 1.29 is 5.11 Å². The van der Waals surface area contributed by atoms with Crippen LogP contribution in [0.15, 0.2) is 6.20 Å². The zero-order chi connectivity index (χ0) is 10.7. The zero-order valence-corrected chi connectivity index (χ0v) is 10.0. The number of thiazole rings is 1. The highest BCUT2D eigenvalue weighted by molar-refractivity contribution is 7.15. The van der Waals surface area contributed by atoms with Gasteiger partial charge in [0.2, 0.25) is 0 Å². The maximum atomic E-state index is 9.51. The summed E-state index contributed by atoms with van der Waals surface area (Å²) >= 11 is 7.30. The minimum atomic E-state index is -0.129. The van der Waals surface area contributed by atoms with E-state index in [0.717, 1.165) is 41.6 Å². The van der Waals surface area contributed by atoms with E-state index in [2.05, 4.69) is 10.3 Å². The third-order valence-corrected chi connectivity index (χ3v) is 3.83. The van der Waals surface area contributed by atoms with E-state index in [4.69, 9.17) is 11.6 Å². The molecule has 2 rings (SSSR count). The maximum absolute atomic E-state index is 9.51. The Kier molecular flexibility index (Phi) is 3.97. The summed E-state index contributed by atoms with van der Waals surface area (Å²) in [6.07, 6.45) is 5.61. The average Bonchev–Trinajstić information content (AvgIpc) is 2.62. The molecule has 0 bridgehead atoms. The van der Waals surface area contributed by atoms with Crippen LogP contribution in [0.2, 0.25) is 4.34 Å². The molecule has 1 aliphatic rings. The van der Waals surface area contributed by atoms with Gasteiger partial charge in [-0.2, -0.15) is 0 Å². The number of nitrogens with one attached hydrogen (secondary N) is 1. The molecule has 3 nitrogen and oxygen atoms in total. The molecule has 0 spiro atoms. The monoisotopic (exact) mass is 246 g/mol. The lowest BCUT2D eigenvalue weighted by atomic mass is 9.93. The second-order valence-electron chi connectivity index (χ2n) is 3.96. The molecule has 1 saturated carbocycles. The predicted molar refractivity (Wildman–Crippen MR) is 62.2 cm³/mol. The van der Waals surface area contributed by atoms with Gasteiger partial charge in [0.05, 0.1) is 12.3 Å². The summed E-state index contributed by atoms with van der Waals surface area (Å²) in [5.74, 6) is 0. The molecule has 2 atom stereocenters. The normalized spacial score (nSPS) is 26.8. The minimum absolute atomic E-state index is 0.129. The van der Waals surface area contributed by atoms with Crippen LogP contribution in [-0.2, 0) is 6.54 Å². The molecular weight excluding hydrogens is 232 g/mol. The van der Waals surface area contributed by atoms with E-state index in [1.165, 1.54) is 11.3 Å². The van der Waals surface area contributed by atoms with Gasteiger partial charge in [-0.15, -0.1) is 11.3 Å². The van der Waals surface area contributed by atoms with Crippen molar-refractivity contribution in [3.8, 4) is 0 Å². The van der Waals surface area contributed by atoms with Crippen molar-refractivity contribution in [2.75, 3.05) is 0 Å². The van der Waals surface area contributed by atoms with E-state index in [9.17, 15) is 5.11 Å². The Balaban J connectivity index is 1.77. The molecular formula is C10H15ClN2OS. The number of aliphatic hydroxyl groups excluding tert-OH is 1. The Bertz CT molecular complexity index is 318. The van der Waals surface area contributed by atoms with Crippen LogP contribution in [0.3, 0.4) is 0 Å². The van der Waals surface area contributed by atoms with Crippen LogP contribution in [0.1, 0.15) is 30.7 Å². The van der Waals surface area contributed by atoms with Gasteiger partial charge in [0, 0.05) is 12.6 Å². The van der Waals surface area contributed by atoms with Crippen molar-refractivity contribution in [3.63, 3.8) is 0 Å². The summed E-state index contributed by atoms with van der Waals surface area (Å²) in [5, 5.41) is 13.9. The Labute approximate surface area is 98.5 Å². The summed E-state index contributed by atoms with van der Waals surface area (Å²) in [6, 6.07) is 0.427. The quantitative estimate of drug-likeness (QED) is 0.860. The molecule has 1 fully saturated rings. The van der Waals surface area contributed by atoms with Gasteiger partial charge in [0.1, 0.15) is 9.34 Å². The summed E-state index contributed by atoms with van der Waals surface area (Å²) in [4.78, 5) is 4.18. The van der Waals surface area contributed by atoms with Crippen LogP contribution in [-0.4, -0.2) is 22.2 Å². The van der Waals surface area contributed by atoms with E-state index in [-0.39, 0.29) is 6.10 Å². The third kappa shape index (κ3) is 3.41. The van der Waals surface area contributed by atoms with Crippen LogP contribution in [0.5, 0.6) is 0 Å². The molecule has 0 aromatic carbocycles. The van der Waals surface area contributed by atoms with Crippen molar-refractivity contribution in [3.05, 3.63) is 15.5 Å². The molecule has 0 aliphatic heterocycles. The molecule has 5 heteroatoms. The van der Waals surface area contributed by atoms with Crippen molar-refractivity contribution in [1.82, 2.24) is 10.3 Å². The average molecular weight is 247 g/mol. The van der Waals surface area contributed by atoms with Gasteiger partial charge >= 0.3 is 0 Å². The lowest BCUT2D eigenvalue weighted by molar-refractivity contribution is 0.111. The number of aliphatic hydroxyl groups is 1. The fraction of sp³-hybridized carbons (Fsp3) is 0.700. The lowest BCUT2D eigenvalue weighted by Crippen LogP contribution is -2.35. The van der Waals surface area contributed by atoms with Gasteiger partial charge in [0.25, 0.3) is 0 Å². The smallest absolute Gasteiger partial charge is 0.113 e. The van der Waals surface area contributed by atoms with Gasteiger partial charge in [-0.1, -0.05) is 11.6 Å². The molecule has 1 aromatic rings. The Hall–Kier alpha value is -0.160.